The van der Waals surface area contributed by atoms with Gasteiger partial charge in [0.2, 0.25) is 5.91 Å². The molecule has 21 heavy (non-hydrogen) atoms. The fraction of sp³-hybridized carbons (Fsp3) is 0.294. The number of rotatable bonds is 6. The van der Waals surface area contributed by atoms with Crippen LogP contribution in [0, 0.1) is 0 Å². The van der Waals surface area contributed by atoms with Crippen LogP contribution < -0.4 is 11.1 Å². The van der Waals surface area contributed by atoms with Gasteiger partial charge in [-0.25, -0.2) is 0 Å². The van der Waals surface area contributed by atoms with Crippen LogP contribution in [0.4, 0.5) is 0 Å². The highest BCUT2D eigenvalue weighted by Gasteiger charge is 2.12. The van der Waals surface area contributed by atoms with Crippen molar-refractivity contribution in [3.63, 3.8) is 0 Å². The average Bonchev–Trinajstić information content (AvgIpc) is 2.54. The Balaban J connectivity index is 1.80. The van der Waals surface area contributed by atoms with Crippen molar-refractivity contribution in [1.82, 2.24) is 10.3 Å². The summed E-state index contributed by atoms with van der Waals surface area (Å²) >= 11 is 0. The minimum atomic E-state index is -0.109. The van der Waals surface area contributed by atoms with Crippen molar-refractivity contribution in [2.75, 3.05) is 0 Å². The summed E-state index contributed by atoms with van der Waals surface area (Å²) in [6.45, 7) is 1.93. The SMILES string of the molecule is C[C@H](NC(=O)CCC(N)c1ccccc1)c1ccccn1. The first-order valence-corrected chi connectivity index (χ1v) is 7.17. The third-order valence-corrected chi connectivity index (χ3v) is 3.42. The predicted molar refractivity (Wildman–Crippen MR) is 83.4 cm³/mol. The summed E-state index contributed by atoms with van der Waals surface area (Å²) < 4.78 is 0. The Kier molecular flexibility index (Phi) is 5.46. The number of pyridine rings is 1. The van der Waals surface area contributed by atoms with Gasteiger partial charge in [-0.15, -0.1) is 0 Å². The van der Waals surface area contributed by atoms with Crippen LogP contribution in [0.3, 0.4) is 0 Å². The van der Waals surface area contributed by atoms with Crippen LogP contribution in [0.5, 0.6) is 0 Å². The van der Waals surface area contributed by atoms with E-state index in [9.17, 15) is 4.79 Å². The maximum absolute atomic E-state index is 12.0. The molecule has 2 atom stereocenters. The highest BCUT2D eigenvalue weighted by Crippen LogP contribution is 2.15. The standard InChI is InChI=1S/C17H21N3O/c1-13(16-9-5-6-12-19-16)20-17(21)11-10-15(18)14-7-3-2-4-8-14/h2-9,12-13,15H,10-11,18H2,1H3,(H,20,21)/t13-,15?/m0/s1. The lowest BCUT2D eigenvalue weighted by atomic mass is 10.0. The fourth-order valence-electron chi connectivity index (χ4n) is 2.17. The number of nitrogens with one attached hydrogen (secondary N) is 1. The first-order valence-electron chi connectivity index (χ1n) is 7.17. The summed E-state index contributed by atoms with van der Waals surface area (Å²) in [5.41, 5.74) is 8.01. The second-order valence-corrected chi connectivity index (χ2v) is 5.10. The molecule has 1 aromatic heterocycles. The average molecular weight is 283 g/mol. The molecule has 1 amide bonds. The molecule has 0 fully saturated rings. The van der Waals surface area contributed by atoms with Gasteiger partial charge in [-0.1, -0.05) is 36.4 Å². The molecule has 2 rings (SSSR count). The molecule has 0 spiro atoms. The van der Waals surface area contributed by atoms with Gasteiger partial charge in [0.15, 0.2) is 0 Å². The second kappa shape index (κ2) is 7.55. The van der Waals surface area contributed by atoms with Crippen LogP contribution in [0.2, 0.25) is 0 Å². The van der Waals surface area contributed by atoms with Gasteiger partial charge < -0.3 is 11.1 Å². The molecule has 0 saturated carbocycles. The molecule has 1 unspecified atom stereocenters. The smallest absolute Gasteiger partial charge is 0.220 e. The largest absolute Gasteiger partial charge is 0.348 e. The molecule has 0 radical (unpaired) electrons. The molecule has 0 aliphatic carbocycles. The number of amides is 1. The molecule has 110 valence electrons. The van der Waals surface area contributed by atoms with Crippen molar-refractivity contribution < 1.29 is 4.79 Å². The van der Waals surface area contributed by atoms with E-state index in [1.165, 1.54) is 0 Å². The van der Waals surface area contributed by atoms with Gasteiger partial charge in [0.1, 0.15) is 0 Å². The molecule has 4 nitrogen and oxygen atoms in total. The normalized spacial score (nSPS) is 13.4. The molecule has 4 heteroatoms. The van der Waals surface area contributed by atoms with Gasteiger partial charge in [0, 0.05) is 18.7 Å². The van der Waals surface area contributed by atoms with Crippen LogP contribution >= 0.6 is 0 Å². The van der Waals surface area contributed by atoms with Gasteiger partial charge in [-0.3, -0.25) is 9.78 Å². The number of carbonyl (C=O) groups excluding carboxylic acids is 1. The zero-order valence-corrected chi connectivity index (χ0v) is 12.2. The van der Waals surface area contributed by atoms with Crippen molar-refractivity contribution in [2.45, 2.75) is 31.8 Å². The van der Waals surface area contributed by atoms with Gasteiger partial charge in [-0.05, 0) is 31.0 Å². The van der Waals surface area contributed by atoms with Crippen molar-refractivity contribution in [3.05, 3.63) is 66.0 Å². The number of benzene rings is 1. The van der Waals surface area contributed by atoms with E-state index in [0.717, 1.165) is 11.3 Å². The summed E-state index contributed by atoms with van der Waals surface area (Å²) in [6, 6.07) is 15.3. The van der Waals surface area contributed by atoms with Crippen LogP contribution in [-0.2, 0) is 4.79 Å². The quantitative estimate of drug-likeness (QED) is 0.856. The molecular formula is C17H21N3O. The summed E-state index contributed by atoms with van der Waals surface area (Å²) in [5, 5.41) is 2.95. The second-order valence-electron chi connectivity index (χ2n) is 5.10. The first-order chi connectivity index (χ1) is 10.2. The number of nitrogens with two attached hydrogens (primary N) is 1. The molecule has 0 aliphatic rings. The van der Waals surface area contributed by atoms with Crippen molar-refractivity contribution in [3.8, 4) is 0 Å². The monoisotopic (exact) mass is 283 g/mol. The maximum Gasteiger partial charge on any atom is 0.220 e. The predicted octanol–water partition coefficient (Wildman–Crippen LogP) is 2.74. The van der Waals surface area contributed by atoms with E-state index < -0.39 is 0 Å². The molecule has 1 aromatic carbocycles. The molecule has 0 saturated heterocycles. The Morgan fingerprint density at radius 2 is 1.90 bits per heavy atom. The summed E-state index contributed by atoms with van der Waals surface area (Å²) in [6.07, 6.45) is 2.77. The number of hydrogen-bond donors (Lipinski definition) is 2. The minimum absolute atomic E-state index is 0.000431. The lowest BCUT2D eigenvalue weighted by Crippen LogP contribution is -2.27. The molecule has 3 N–H and O–H groups in total. The first kappa shape index (κ1) is 15.2. The van der Waals surface area contributed by atoms with E-state index in [-0.39, 0.29) is 18.0 Å². The Labute approximate surface area is 125 Å². The van der Waals surface area contributed by atoms with Crippen molar-refractivity contribution >= 4 is 5.91 Å². The van der Waals surface area contributed by atoms with Crippen LogP contribution in [0.15, 0.2) is 54.7 Å². The Morgan fingerprint density at radius 1 is 1.19 bits per heavy atom. The lowest BCUT2D eigenvalue weighted by molar-refractivity contribution is -0.121. The fourth-order valence-corrected chi connectivity index (χ4v) is 2.17. The van der Waals surface area contributed by atoms with Gasteiger partial charge >= 0.3 is 0 Å². The molecule has 1 heterocycles. The van der Waals surface area contributed by atoms with Gasteiger partial charge in [-0.2, -0.15) is 0 Å². The Morgan fingerprint density at radius 3 is 2.57 bits per heavy atom. The van der Waals surface area contributed by atoms with Crippen molar-refractivity contribution in [1.29, 1.82) is 0 Å². The van der Waals surface area contributed by atoms with Crippen LogP contribution in [-0.4, -0.2) is 10.9 Å². The molecule has 0 aliphatic heterocycles. The number of hydrogen-bond acceptors (Lipinski definition) is 3. The maximum atomic E-state index is 12.0. The van der Waals surface area contributed by atoms with E-state index in [4.69, 9.17) is 5.73 Å². The van der Waals surface area contributed by atoms with E-state index in [0.29, 0.717) is 12.8 Å². The van der Waals surface area contributed by atoms with E-state index >= 15 is 0 Å². The highest BCUT2D eigenvalue weighted by molar-refractivity contribution is 5.76. The van der Waals surface area contributed by atoms with E-state index in [1.54, 1.807) is 6.20 Å². The number of carbonyl (C=O) groups is 1. The summed E-state index contributed by atoms with van der Waals surface area (Å²) in [5.74, 6) is -0.000431. The van der Waals surface area contributed by atoms with Crippen LogP contribution in [0.1, 0.15) is 43.1 Å². The summed E-state index contributed by atoms with van der Waals surface area (Å²) in [7, 11) is 0. The number of aromatic nitrogens is 1. The third kappa shape index (κ3) is 4.68. The molecular weight excluding hydrogens is 262 g/mol. The highest BCUT2D eigenvalue weighted by atomic mass is 16.1. The molecule has 2 aromatic rings. The Bertz CT molecular complexity index is 557. The van der Waals surface area contributed by atoms with Crippen LogP contribution in [0.25, 0.3) is 0 Å². The molecule has 0 bridgehead atoms. The minimum Gasteiger partial charge on any atom is -0.348 e. The zero-order valence-electron chi connectivity index (χ0n) is 12.2. The summed E-state index contributed by atoms with van der Waals surface area (Å²) in [4.78, 5) is 16.2. The zero-order chi connectivity index (χ0) is 15.1. The Hall–Kier alpha value is -2.20. The van der Waals surface area contributed by atoms with E-state index in [2.05, 4.69) is 10.3 Å². The van der Waals surface area contributed by atoms with Crippen molar-refractivity contribution in [2.24, 2.45) is 5.73 Å². The number of nitrogens with zero attached hydrogens (tertiary/aromatic N) is 1. The lowest BCUT2D eigenvalue weighted by Gasteiger charge is -2.15. The topological polar surface area (TPSA) is 68.0 Å². The third-order valence-electron chi connectivity index (χ3n) is 3.42. The van der Waals surface area contributed by atoms with Gasteiger partial charge in [0.05, 0.1) is 11.7 Å². The van der Waals surface area contributed by atoms with E-state index in [1.807, 2.05) is 55.5 Å². The van der Waals surface area contributed by atoms with Gasteiger partial charge in [0.25, 0.3) is 0 Å².